The first kappa shape index (κ1) is 13.2. The molecule has 17 heavy (non-hydrogen) atoms. The van der Waals surface area contributed by atoms with Crippen LogP contribution in [0, 0.1) is 0 Å². The molecule has 0 aliphatic heterocycles. The lowest BCUT2D eigenvalue weighted by atomic mass is 10.2. The van der Waals surface area contributed by atoms with E-state index < -0.39 is 0 Å². The molecule has 1 aromatic rings. The Morgan fingerprint density at radius 1 is 1.47 bits per heavy atom. The van der Waals surface area contributed by atoms with Gasteiger partial charge in [0.1, 0.15) is 0 Å². The molecule has 1 N–H and O–H groups in total. The van der Waals surface area contributed by atoms with Crippen molar-refractivity contribution in [2.75, 3.05) is 6.54 Å². The summed E-state index contributed by atoms with van der Waals surface area (Å²) in [6.45, 7) is 3.35. The molecule has 1 heterocycles. The van der Waals surface area contributed by atoms with Crippen LogP contribution in [0.25, 0.3) is 0 Å². The molecule has 1 aliphatic carbocycles. The molecular weight excluding hydrogens is 252 g/mol. The molecule has 2 unspecified atom stereocenters. The van der Waals surface area contributed by atoms with E-state index in [1.165, 1.54) is 25.7 Å². The van der Waals surface area contributed by atoms with Crippen LogP contribution >= 0.6 is 23.4 Å². The van der Waals surface area contributed by atoms with Crippen LogP contribution in [0.1, 0.15) is 32.6 Å². The third-order valence-electron chi connectivity index (χ3n) is 3.06. The highest BCUT2D eigenvalue weighted by atomic mass is 35.5. The van der Waals surface area contributed by atoms with Gasteiger partial charge >= 0.3 is 0 Å². The van der Waals surface area contributed by atoms with Crippen molar-refractivity contribution < 1.29 is 0 Å². The topological polar surface area (TPSA) is 24.9 Å². The van der Waals surface area contributed by atoms with Gasteiger partial charge in [0.25, 0.3) is 0 Å². The maximum absolute atomic E-state index is 5.83. The second-order valence-electron chi connectivity index (χ2n) is 4.52. The van der Waals surface area contributed by atoms with Gasteiger partial charge < -0.3 is 5.32 Å². The predicted octanol–water partition coefficient (Wildman–Crippen LogP) is 3.75. The van der Waals surface area contributed by atoms with E-state index >= 15 is 0 Å². The summed E-state index contributed by atoms with van der Waals surface area (Å²) >= 11 is 7.71. The standard InChI is InChI=1S/C13H19ClN2S/c1-2-7-15-11-4-5-12(8-11)17-13-6-3-10(14)9-16-13/h3,6,9,11-12,15H,2,4-5,7-8H2,1H3. The highest BCUT2D eigenvalue weighted by Gasteiger charge is 2.24. The molecule has 0 bridgehead atoms. The van der Waals surface area contributed by atoms with Crippen LogP contribution in [0.3, 0.4) is 0 Å². The molecule has 2 nitrogen and oxygen atoms in total. The number of halogens is 1. The highest BCUT2D eigenvalue weighted by Crippen LogP contribution is 2.34. The Hall–Kier alpha value is -0.250. The van der Waals surface area contributed by atoms with Gasteiger partial charge in [0.05, 0.1) is 10.0 Å². The van der Waals surface area contributed by atoms with Gasteiger partial charge in [-0.05, 0) is 44.4 Å². The van der Waals surface area contributed by atoms with Gasteiger partial charge in [-0.1, -0.05) is 18.5 Å². The largest absolute Gasteiger partial charge is 0.314 e. The van der Waals surface area contributed by atoms with E-state index in [4.69, 9.17) is 11.6 Å². The zero-order valence-electron chi connectivity index (χ0n) is 10.2. The summed E-state index contributed by atoms with van der Waals surface area (Å²) in [5.41, 5.74) is 0. The van der Waals surface area contributed by atoms with Crippen molar-refractivity contribution in [3.63, 3.8) is 0 Å². The maximum atomic E-state index is 5.83. The van der Waals surface area contributed by atoms with Crippen LogP contribution in [-0.2, 0) is 0 Å². The summed E-state index contributed by atoms with van der Waals surface area (Å²) in [6, 6.07) is 4.64. The minimum atomic E-state index is 0.707. The Balaban J connectivity index is 1.79. The molecule has 0 amide bonds. The van der Waals surface area contributed by atoms with Crippen LogP contribution in [0.4, 0.5) is 0 Å². The Morgan fingerprint density at radius 3 is 3.06 bits per heavy atom. The molecular formula is C13H19ClN2S. The van der Waals surface area contributed by atoms with E-state index in [2.05, 4.69) is 17.2 Å². The molecule has 1 saturated carbocycles. The first-order valence-electron chi connectivity index (χ1n) is 6.29. The van der Waals surface area contributed by atoms with E-state index in [1.807, 2.05) is 23.9 Å². The number of rotatable bonds is 5. The molecule has 0 aromatic carbocycles. The number of nitrogens with zero attached hydrogens (tertiary/aromatic N) is 1. The van der Waals surface area contributed by atoms with Gasteiger partial charge in [0, 0.05) is 17.5 Å². The second-order valence-corrected chi connectivity index (χ2v) is 6.28. The molecule has 0 saturated heterocycles. The lowest BCUT2D eigenvalue weighted by molar-refractivity contribution is 0.524. The molecule has 1 aromatic heterocycles. The van der Waals surface area contributed by atoms with Crippen molar-refractivity contribution in [2.24, 2.45) is 0 Å². The van der Waals surface area contributed by atoms with Crippen molar-refractivity contribution in [2.45, 2.75) is 48.9 Å². The van der Waals surface area contributed by atoms with Crippen molar-refractivity contribution in [1.29, 1.82) is 0 Å². The molecule has 1 aliphatic rings. The lowest BCUT2D eigenvalue weighted by Gasteiger charge is -2.12. The SMILES string of the molecule is CCCNC1CCC(Sc2ccc(Cl)cn2)C1. The summed E-state index contributed by atoms with van der Waals surface area (Å²) in [5, 5.41) is 6.11. The summed E-state index contributed by atoms with van der Waals surface area (Å²) in [6.07, 6.45) is 6.79. The lowest BCUT2D eigenvalue weighted by Crippen LogP contribution is -2.27. The van der Waals surface area contributed by atoms with Gasteiger partial charge in [0.15, 0.2) is 0 Å². The van der Waals surface area contributed by atoms with Crippen LogP contribution in [0.2, 0.25) is 5.02 Å². The Bertz CT molecular complexity index is 342. The number of hydrogen-bond acceptors (Lipinski definition) is 3. The van der Waals surface area contributed by atoms with Crippen LogP contribution in [0.5, 0.6) is 0 Å². The van der Waals surface area contributed by atoms with Crippen LogP contribution in [0.15, 0.2) is 23.4 Å². The molecule has 0 spiro atoms. The van der Waals surface area contributed by atoms with Crippen molar-refractivity contribution in [1.82, 2.24) is 10.3 Å². The van der Waals surface area contributed by atoms with Gasteiger partial charge in [0.2, 0.25) is 0 Å². The van der Waals surface area contributed by atoms with E-state index in [0.717, 1.165) is 11.6 Å². The first-order chi connectivity index (χ1) is 8.28. The highest BCUT2D eigenvalue weighted by molar-refractivity contribution is 7.99. The zero-order valence-corrected chi connectivity index (χ0v) is 11.7. The maximum Gasteiger partial charge on any atom is 0.0963 e. The normalized spacial score (nSPS) is 24.1. The fraction of sp³-hybridized carbons (Fsp3) is 0.615. The van der Waals surface area contributed by atoms with E-state index in [-0.39, 0.29) is 0 Å². The van der Waals surface area contributed by atoms with Crippen molar-refractivity contribution >= 4 is 23.4 Å². The number of nitrogens with one attached hydrogen (secondary N) is 1. The van der Waals surface area contributed by atoms with Crippen molar-refractivity contribution in [3.8, 4) is 0 Å². The molecule has 2 rings (SSSR count). The average Bonchev–Trinajstić information content (AvgIpc) is 2.77. The van der Waals surface area contributed by atoms with Crippen molar-refractivity contribution in [3.05, 3.63) is 23.4 Å². The molecule has 0 radical (unpaired) electrons. The van der Waals surface area contributed by atoms with E-state index in [9.17, 15) is 0 Å². The monoisotopic (exact) mass is 270 g/mol. The van der Waals surface area contributed by atoms with E-state index in [0.29, 0.717) is 16.3 Å². The second kappa shape index (κ2) is 6.62. The fourth-order valence-corrected chi connectivity index (χ4v) is 3.48. The third-order valence-corrected chi connectivity index (χ3v) is 4.52. The quantitative estimate of drug-likeness (QED) is 0.882. The van der Waals surface area contributed by atoms with Crippen LogP contribution in [-0.4, -0.2) is 22.8 Å². The van der Waals surface area contributed by atoms with E-state index in [1.54, 1.807) is 6.20 Å². The van der Waals surface area contributed by atoms with Crippen LogP contribution < -0.4 is 5.32 Å². The smallest absolute Gasteiger partial charge is 0.0963 e. The molecule has 4 heteroatoms. The molecule has 2 atom stereocenters. The van der Waals surface area contributed by atoms with Gasteiger partial charge in [-0.15, -0.1) is 11.8 Å². The minimum Gasteiger partial charge on any atom is -0.314 e. The first-order valence-corrected chi connectivity index (χ1v) is 7.55. The Kier molecular flexibility index (Phi) is 5.14. The average molecular weight is 271 g/mol. The number of hydrogen-bond donors (Lipinski definition) is 1. The number of thioether (sulfide) groups is 1. The Labute approximate surface area is 113 Å². The van der Waals surface area contributed by atoms with Gasteiger partial charge in [-0.3, -0.25) is 0 Å². The number of aromatic nitrogens is 1. The Morgan fingerprint density at radius 2 is 2.35 bits per heavy atom. The zero-order chi connectivity index (χ0) is 12.1. The summed E-state index contributed by atoms with van der Waals surface area (Å²) in [5.74, 6) is 0. The fourth-order valence-electron chi connectivity index (χ4n) is 2.18. The number of pyridine rings is 1. The molecule has 94 valence electrons. The summed E-state index contributed by atoms with van der Waals surface area (Å²) in [4.78, 5) is 4.34. The van der Waals surface area contributed by atoms with Gasteiger partial charge in [-0.25, -0.2) is 4.98 Å². The minimum absolute atomic E-state index is 0.707. The summed E-state index contributed by atoms with van der Waals surface area (Å²) in [7, 11) is 0. The third kappa shape index (κ3) is 4.16. The molecule has 1 fully saturated rings. The predicted molar refractivity (Wildman–Crippen MR) is 74.8 cm³/mol. The van der Waals surface area contributed by atoms with Gasteiger partial charge in [-0.2, -0.15) is 0 Å². The summed E-state index contributed by atoms with van der Waals surface area (Å²) < 4.78 is 0.